The van der Waals surface area contributed by atoms with Crippen LogP contribution >= 0.6 is 11.6 Å². The Morgan fingerprint density at radius 2 is 1.95 bits per heavy atom. The minimum atomic E-state index is 0.468. The van der Waals surface area contributed by atoms with E-state index in [0.29, 0.717) is 11.0 Å². The summed E-state index contributed by atoms with van der Waals surface area (Å²) in [5, 5.41) is 4.83. The molecule has 0 saturated heterocycles. The van der Waals surface area contributed by atoms with Crippen LogP contribution in [0, 0.1) is 0 Å². The fourth-order valence-corrected chi connectivity index (χ4v) is 2.34. The smallest absolute Gasteiger partial charge is 0.164 e. The summed E-state index contributed by atoms with van der Waals surface area (Å²) in [6, 6.07) is 11.7. The van der Waals surface area contributed by atoms with Gasteiger partial charge < -0.3 is 0 Å². The Hall–Kier alpha value is -2.20. The molecule has 0 radical (unpaired) electrons. The van der Waals surface area contributed by atoms with Gasteiger partial charge in [0.25, 0.3) is 0 Å². The largest absolute Gasteiger partial charge is 0.240 e. The molecule has 0 amide bonds. The molecular weight excluding hydrogens is 284 g/mol. The summed E-state index contributed by atoms with van der Waals surface area (Å²) in [5.41, 5.74) is 2.82. The zero-order valence-corrected chi connectivity index (χ0v) is 12.5. The van der Waals surface area contributed by atoms with Gasteiger partial charge in [-0.15, -0.1) is 0 Å². The third-order valence-corrected chi connectivity index (χ3v) is 3.31. The minimum absolute atomic E-state index is 0.468. The second-order valence-corrected chi connectivity index (χ2v) is 5.15. The molecule has 2 heterocycles. The van der Waals surface area contributed by atoms with Gasteiger partial charge in [0, 0.05) is 11.9 Å². The first kappa shape index (κ1) is 13.8. The van der Waals surface area contributed by atoms with Crippen molar-refractivity contribution < 1.29 is 0 Å². The lowest BCUT2D eigenvalue weighted by atomic mass is 10.2. The molecule has 0 unspecified atom stereocenters. The van der Waals surface area contributed by atoms with Gasteiger partial charge in [-0.25, -0.2) is 14.6 Å². The SMILES string of the molecule is CCCc1cc(Cl)nc(-c2cnn(-c3ccccc3)c2)n1. The lowest BCUT2D eigenvalue weighted by molar-refractivity contribution is 0.874. The molecule has 5 heteroatoms. The molecule has 0 aliphatic heterocycles. The molecule has 0 N–H and O–H groups in total. The molecule has 0 aliphatic carbocycles. The Balaban J connectivity index is 1.96. The molecule has 0 fully saturated rings. The second kappa shape index (κ2) is 6.06. The lowest BCUT2D eigenvalue weighted by Gasteiger charge is -2.02. The van der Waals surface area contributed by atoms with Crippen LogP contribution in [-0.4, -0.2) is 19.7 Å². The molecule has 0 atom stereocenters. The molecule has 0 spiro atoms. The topological polar surface area (TPSA) is 43.6 Å². The molecule has 21 heavy (non-hydrogen) atoms. The van der Waals surface area contributed by atoms with Crippen LogP contribution in [0.15, 0.2) is 48.8 Å². The number of hydrogen-bond acceptors (Lipinski definition) is 3. The summed E-state index contributed by atoms with van der Waals surface area (Å²) in [5.74, 6) is 0.619. The first-order chi connectivity index (χ1) is 10.3. The van der Waals surface area contributed by atoms with Crippen LogP contribution in [0.25, 0.3) is 17.1 Å². The number of para-hydroxylation sites is 1. The summed E-state index contributed by atoms with van der Waals surface area (Å²) >= 11 is 6.08. The number of hydrogen-bond donors (Lipinski definition) is 0. The van der Waals surface area contributed by atoms with E-state index in [1.165, 1.54) is 0 Å². The first-order valence-electron chi connectivity index (χ1n) is 6.90. The average molecular weight is 299 g/mol. The lowest BCUT2D eigenvalue weighted by Crippen LogP contribution is -1.96. The van der Waals surface area contributed by atoms with Crippen LogP contribution in [0.4, 0.5) is 0 Å². The second-order valence-electron chi connectivity index (χ2n) is 4.76. The molecule has 4 nitrogen and oxygen atoms in total. The maximum Gasteiger partial charge on any atom is 0.164 e. The van der Waals surface area contributed by atoms with E-state index in [4.69, 9.17) is 11.6 Å². The average Bonchev–Trinajstić information content (AvgIpc) is 2.98. The van der Waals surface area contributed by atoms with Gasteiger partial charge in [0.15, 0.2) is 5.82 Å². The van der Waals surface area contributed by atoms with Crippen molar-refractivity contribution in [2.24, 2.45) is 0 Å². The van der Waals surface area contributed by atoms with Gasteiger partial charge in [0.2, 0.25) is 0 Å². The van der Waals surface area contributed by atoms with Crippen LogP contribution in [0.1, 0.15) is 19.0 Å². The van der Waals surface area contributed by atoms with Gasteiger partial charge >= 0.3 is 0 Å². The highest BCUT2D eigenvalue weighted by molar-refractivity contribution is 6.29. The number of rotatable bonds is 4. The van der Waals surface area contributed by atoms with Gasteiger partial charge in [-0.1, -0.05) is 43.1 Å². The molecule has 0 aliphatic rings. The van der Waals surface area contributed by atoms with Crippen molar-refractivity contribution in [1.82, 2.24) is 19.7 Å². The highest BCUT2D eigenvalue weighted by Gasteiger charge is 2.09. The maximum absolute atomic E-state index is 6.08. The van der Waals surface area contributed by atoms with E-state index in [1.807, 2.05) is 42.6 Å². The maximum atomic E-state index is 6.08. The number of aromatic nitrogens is 4. The van der Waals surface area contributed by atoms with Crippen molar-refractivity contribution in [3.8, 4) is 17.1 Å². The molecule has 3 aromatic rings. The van der Waals surface area contributed by atoms with E-state index in [2.05, 4.69) is 22.0 Å². The highest BCUT2D eigenvalue weighted by Crippen LogP contribution is 2.19. The van der Waals surface area contributed by atoms with Gasteiger partial charge in [-0.05, 0) is 24.6 Å². The predicted octanol–water partition coefficient (Wildman–Crippen LogP) is 3.94. The van der Waals surface area contributed by atoms with Crippen LogP contribution in [-0.2, 0) is 6.42 Å². The van der Waals surface area contributed by atoms with Crippen LogP contribution in [0.2, 0.25) is 5.15 Å². The molecular formula is C16H15ClN4. The van der Waals surface area contributed by atoms with E-state index in [9.17, 15) is 0 Å². The number of halogens is 1. The van der Waals surface area contributed by atoms with E-state index in [-0.39, 0.29) is 0 Å². The van der Waals surface area contributed by atoms with E-state index < -0.39 is 0 Å². The number of benzene rings is 1. The fourth-order valence-electron chi connectivity index (χ4n) is 2.14. The number of nitrogens with zero attached hydrogens (tertiary/aromatic N) is 4. The van der Waals surface area contributed by atoms with Crippen molar-refractivity contribution in [2.45, 2.75) is 19.8 Å². The third kappa shape index (κ3) is 3.11. The number of aryl methyl sites for hydroxylation is 1. The molecule has 1 aromatic carbocycles. The standard InChI is InChI=1S/C16H15ClN4/c1-2-6-13-9-15(17)20-16(19-13)12-10-18-21(11-12)14-7-4-3-5-8-14/h3-5,7-11H,2,6H2,1H3. The molecule has 106 valence electrons. The highest BCUT2D eigenvalue weighted by atomic mass is 35.5. The molecule has 0 bridgehead atoms. The quantitative estimate of drug-likeness (QED) is 0.685. The summed E-state index contributed by atoms with van der Waals surface area (Å²) in [6.45, 7) is 2.11. The molecule has 3 rings (SSSR count). The summed E-state index contributed by atoms with van der Waals surface area (Å²) < 4.78 is 1.80. The van der Waals surface area contributed by atoms with Gasteiger partial charge in [-0.2, -0.15) is 5.10 Å². The van der Waals surface area contributed by atoms with E-state index >= 15 is 0 Å². The summed E-state index contributed by atoms with van der Waals surface area (Å²) in [6.07, 6.45) is 5.59. The van der Waals surface area contributed by atoms with Crippen molar-refractivity contribution in [3.63, 3.8) is 0 Å². The van der Waals surface area contributed by atoms with Crippen LogP contribution in [0.3, 0.4) is 0 Å². The Labute approximate surface area is 128 Å². The fraction of sp³-hybridized carbons (Fsp3) is 0.188. The van der Waals surface area contributed by atoms with E-state index in [1.54, 1.807) is 10.9 Å². The van der Waals surface area contributed by atoms with Crippen molar-refractivity contribution in [1.29, 1.82) is 0 Å². The first-order valence-corrected chi connectivity index (χ1v) is 7.28. The van der Waals surface area contributed by atoms with Gasteiger partial charge in [0.05, 0.1) is 17.4 Å². The van der Waals surface area contributed by atoms with E-state index in [0.717, 1.165) is 29.8 Å². The van der Waals surface area contributed by atoms with Crippen molar-refractivity contribution >= 4 is 11.6 Å². The third-order valence-electron chi connectivity index (χ3n) is 3.12. The monoisotopic (exact) mass is 298 g/mol. The zero-order chi connectivity index (χ0) is 14.7. The van der Waals surface area contributed by atoms with Crippen LogP contribution in [0.5, 0.6) is 0 Å². The minimum Gasteiger partial charge on any atom is -0.240 e. The van der Waals surface area contributed by atoms with Crippen LogP contribution < -0.4 is 0 Å². The molecule has 0 saturated carbocycles. The van der Waals surface area contributed by atoms with Crippen molar-refractivity contribution in [3.05, 3.63) is 59.6 Å². The van der Waals surface area contributed by atoms with Gasteiger partial charge in [0.1, 0.15) is 5.15 Å². The summed E-state index contributed by atoms with van der Waals surface area (Å²) in [7, 11) is 0. The molecule has 2 aromatic heterocycles. The summed E-state index contributed by atoms with van der Waals surface area (Å²) in [4.78, 5) is 8.85. The Bertz CT molecular complexity index is 737. The Morgan fingerprint density at radius 3 is 2.71 bits per heavy atom. The Kier molecular flexibility index (Phi) is 3.97. The van der Waals surface area contributed by atoms with Gasteiger partial charge in [-0.3, -0.25) is 0 Å². The zero-order valence-electron chi connectivity index (χ0n) is 11.7. The Morgan fingerprint density at radius 1 is 1.14 bits per heavy atom. The predicted molar refractivity (Wildman–Crippen MR) is 83.6 cm³/mol. The van der Waals surface area contributed by atoms with Crippen molar-refractivity contribution in [2.75, 3.05) is 0 Å². The normalized spacial score (nSPS) is 10.8.